The van der Waals surface area contributed by atoms with Crippen molar-refractivity contribution in [3.63, 3.8) is 0 Å². The van der Waals surface area contributed by atoms with Crippen LogP contribution in [0.5, 0.6) is 0 Å². The molecular weight excluding hydrogens is 252 g/mol. The fraction of sp³-hybridized carbons (Fsp3) is 0.562. The van der Waals surface area contributed by atoms with E-state index >= 15 is 0 Å². The summed E-state index contributed by atoms with van der Waals surface area (Å²) in [5.41, 5.74) is 2.46. The average Bonchev–Trinajstić information content (AvgIpc) is 2.47. The van der Waals surface area contributed by atoms with E-state index in [4.69, 9.17) is 4.74 Å². The van der Waals surface area contributed by atoms with Gasteiger partial charge < -0.3 is 15.4 Å². The van der Waals surface area contributed by atoms with Crippen LogP contribution in [0.2, 0.25) is 0 Å². The summed E-state index contributed by atoms with van der Waals surface area (Å²) < 4.78 is 5.37. The molecule has 108 valence electrons. The van der Waals surface area contributed by atoms with Crippen molar-refractivity contribution in [1.82, 2.24) is 10.6 Å². The van der Waals surface area contributed by atoms with Crippen LogP contribution in [0.25, 0.3) is 0 Å². The standard InChI is InChI=1S/C16H22N2O2/c1-16(6-8-20-9-7-16)18-15(19)14-10-12-4-2-3-5-13(12)11-17-14/h2-5,14,17H,6-11H2,1H3,(H,18,19)/t14-/m0/s1. The Morgan fingerprint density at radius 3 is 2.75 bits per heavy atom. The van der Waals surface area contributed by atoms with Gasteiger partial charge in [0, 0.05) is 25.3 Å². The zero-order valence-corrected chi connectivity index (χ0v) is 11.9. The van der Waals surface area contributed by atoms with Gasteiger partial charge in [-0.1, -0.05) is 24.3 Å². The lowest BCUT2D eigenvalue weighted by Crippen LogP contribution is -2.56. The minimum atomic E-state index is -0.121. The number of carbonyl (C=O) groups excluding carboxylic acids is 1. The Morgan fingerprint density at radius 1 is 1.30 bits per heavy atom. The van der Waals surface area contributed by atoms with Gasteiger partial charge in [0.1, 0.15) is 0 Å². The number of benzene rings is 1. The van der Waals surface area contributed by atoms with Crippen LogP contribution in [-0.2, 0) is 22.5 Å². The summed E-state index contributed by atoms with van der Waals surface area (Å²) >= 11 is 0. The molecule has 0 saturated carbocycles. The molecular formula is C16H22N2O2. The fourth-order valence-corrected chi connectivity index (χ4v) is 2.97. The second-order valence-corrected chi connectivity index (χ2v) is 6.07. The highest BCUT2D eigenvalue weighted by atomic mass is 16.5. The van der Waals surface area contributed by atoms with E-state index in [1.54, 1.807) is 0 Å². The SMILES string of the molecule is CC1(NC(=O)[C@@H]2Cc3ccccc3CN2)CCOCC1. The molecule has 0 aliphatic carbocycles. The molecule has 4 heteroatoms. The summed E-state index contributed by atoms with van der Waals surface area (Å²) in [6.07, 6.45) is 2.55. The number of ether oxygens (including phenoxy) is 1. The molecule has 0 radical (unpaired) electrons. The van der Waals surface area contributed by atoms with Crippen molar-refractivity contribution in [1.29, 1.82) is 0 Å². The molecule has 2 aliphatic rings. The third-order valence-corrected chi connectivity index (χ3v) is 4.42. The van der Waals surface area contributed by atoms with Gasteiger partial charge >= 0.3 is 0 Å². The van der Waals surface area contributed by atoms with Gasteiger partial charge in [0.25, 0.3) is 0 Å². The summed E-state index contributed by atoms with van der Waals surface area (Å²) in [6.45, 7) is 4.35. The lowest BCUT2D eigenvalue weighted by Gasteiger charge is -2.36. The molecule has 0 spiro atoms. The van der Waals surface area contributed by atoms with Gasteiger partial charge in [-0.3, -0.25) is 4.79 Å². The first kappa shape index (κ1) is 13.6. The van der Waals surface area contributed by atoms with E-state index in [-0.39, 0.29) is 17.5 Å². The Balaban J connectivity index is 1.64. The Morgan fingerprint density at radius 2 is 2.00 bits per heavy atom. The minimum Gasteiger partial charge on any atom is -0.381 e. The molecule has 2 heterocycles. The van der Waals surface area contributed by atoms with Crippen LogP contribution in [-0.4, -0.2) is 30.7 Å². The molecule has 0 unspecified atom stereocenters. The van der Waals surface area contributed by atoms with E-state index in [1.807, 2.05) is 12.1 Å². The Hall–Kier alpha value is -1.39. The number of nitrogens with one attached hydrogen (secondary N) is 2. The number of amides is 1. The maximum absolute atomic E-state index is 12.5. The van der Waals surface area contributed by atoms with E-state index in [0.717, 1.165) is 39.0 Å². The molecule has 1 aromatic carbocycles. The summed E-state index contributed by atoms with van der Waals surface area (Å²) in [7, 11) is 0. The van der Waals surface area contributed by atoms with Crippen LogP contribution in [0.3, 0.4) is 0 Å². The third kappa shape index (κ3) is 2.86. The van der Waals surface area contributed by atoms with Crippen molar-refractivity contribution in [2.75, 3.05) is 13.2 Å². The number of rotatable bonds is 2. The monoisotopic (exact) mass is 274 g/mol. The summed E-state index contributed by atoms with van der Waals surface area (Å²) in [5, 5.41) is 6.55. The Bertz CT molecular complexity index is 495. The predicted molar refractivity (Wildman–Crippen MR) is 77.4 cm³/mol. The summed E-state index contributed by atoms with van der Waals surface area (Å²) in [6, 6.07) is 8.20. The molecule has 2 aliphatic heterocycles. The zero-order valence-electron chi connectivity index (χ0n) is 11.9. The van der Waals surface area contributed by atoms with Crippen LogP contribution in [0, 0.1) is 0 Å². The van der Waals surface area contributed by atoms with E-state index < -0.39 is 0 Å². The highest BCUT2D eigenvalue weighted by Gasteiger charge is 2.32. The third-order valence-electron chi connectivity index (χ3n) is 4.42. The van der Waals surface area contributed by atoms with E-state index in [0.29, 0.717) is 0 Å². The highest BCUT2D eigenvalue weighted by molar-refractivity contribution is 5.83. The van der Waals surface area contributed by atoms with Gasteiger partial charge in [-0.05, 0) is 37.3 Å². The van der Waals surface area contributed by atoms with Crippen molar-refractivity contribution in [3.05, 3.63) is 35.4 Å². The first-order chi connectivity index (χ1) is 9.66. The van der Waals surface area contributed by atoms with Gasteiger partial charge in [-0.15, -0.1) is 0 Å². The van der Waals surface area contributed by atoms with Gasteiger partial charge in [0.15, 0.2) is 0 Å². The van der Waals surface area contributed by atoms with Gasteiger partial charge in [-0.2, -0.15) is 0 Å². The van der Waals surface area contributed by atoms with Gasteiger partial charge in [-0.25, -0.2) is 0 Å². The molecule has 1 fully saturated rings. The van der Waals surface area contributed by atoms with Crippen molar-refractivity contribution >= 4 is 5.91 Å². The largest absolute Gasteiger partial charge is 0.381 e. The first-order valence-corrected chi connectivity index (χ1v) is 7.36. The van der Waals surface area contributed by atoms with Crippen LogP contribution < -0.4 is 10.6 Å². The van der Waals surface area contributed by atoms with Crippen LogP contribution >= 0.6 is 0 Å². The zero-order chi connectivity index (χ0) is 14.0. The van der Waals surface area contributed by atoms with Gasteiger partial charge in [0.2, 0.25) is 5.91 Å². The lowest BCUT2D eigenvalue weighted by atomic mass is 9.90. The topological polar surface area (TPSA) is 50.4 Å². The average molecular weight is 274 g/mol. The second-order valence-electron chi connectivity index (χ2n) is 6.07. The van der Waals surface area contributed by atoms with Crippen molar-refractivity contribution < 1.29 is 9.53 Å². The van der Waals surface area contributed by atoms with Crippen molar-refractivity contribution in [2.45, 2.75) is 44.3 Å². The molecule has 20 heavy (non-hydrogen) atoms. The lowest BCUT2D eigenvalue weighted by molar-refractivity contribution is -0.126. The molecule has 1 aromatic rings. The summed E-state index contributed by atoms with van der Waals surface area (Å²) in [4.78, 5) is 12.5. The van der Waals surface area contributed by atoms with Crippen molar-refractivity contribution in [2.24, 2.45) is 0 Å². The number of hydrogen-bond donors (Lipinski definition) is 2. The normalized spacial score (nSPS) is 24.8. The molecule has 4 nitrogen and oxygen atoms in total. The molecule has 0 bridgehead atoms. The van der Waals surface area contributed by atoms with Gasteiger partial charge in [0.05, 0.1) is 6.04 Å². The maximum Gasteiger partial charge on any atom is 0.237 e. The molecule has 2 N–H and O–H groups in total. The van der Waals surface area contributed by atoms with E-state index in [2.05, 4.69) is 29.7 Å². The predicted octanol–water partition coefficient (Wildman–Crippen LogP) is 1.39. The smallest absolute Gasteiger partial charge is 0.237 e. The molecule has 0 aromatic heterocycles. The fourth-order valence-electron chi connectivity index (χ4n) is 2.97. The van der Waals surface area contributed by atoms with E-state index in [1.165, 1.54) is 11.1 Å². The number of carbonyl (C=O) groups is 1. The highest BCUT2D eigenvalue weighted by Crippen LogP contribution is 2.21. The van der Waals surface area contributed by atoms with Crippen molar-refractivity contribution in [3.8, 4) is 0 Å². The van der Waals surface area contributed by atoms with Crippen LogP contribution in [0.15, 0.2) is 24.3 Å². The minimum absolute atomic E-state index is 0.115. The Labute approximate surface area is 119 Å². The summed E-state index contributed by atoms with van der Waals surface area (Å²) in [5.74, 6) is 0.115. The van der Waals surface area contributed by atoms with E-state index in [9.17, 15) is 4.79 Å². The molecule has 1 saturated heterocycles. The second kappa shape index (κ2) is 5.54. The Kier molecular flexibility index (Phi) is 3.76. The molecule has 1 amide bonds. The number of hydrogen-bond acceptors (Lipinski definition) is 3. The molecule has 1 atom stereocenters. The first-order valence-electron chi connectivity index (χ1n) is 7.36. The molecule has 3 rings (SSSR count). The quantitative estimate of drug-likeness (QED) is 0.857. The maximum atomic E-state index is 12.5. The number of fused-ring (bicyclic) bond motifs is 1. The van der Waals surface area contributed by atoms with Crippen LogP contribution in [0.1, 0.15) is 30.9 Å². The van der Waals surface area contributed by atoms with Crippen LogP contribution in [0.4, 0.5) is 0 Å².